The molecule has 0 unspecified atom stereocenters. The third kappa shape index (κ3) is 4.17. The summed E-state index contributed by atoms with van der Waals surface area (Å²) in [6.07, 6.45) is -1.51. The van der Waals surface area contributed by atoms with E-state index in [1.165, 1.54) is 0 Å². The van der Waals surface area contributed by atoms with Crippen LogP contribution in [0.5, 0.6) is 0 Å². The monoisotopic (exact) mass is 206 g/mol. The molecule has 0 rings (SSSR count). The molecule has 0 aromatic carbocycles. The Morgan fingerprint density at radius 3 is 2.36 bits per heavy atom. The number of rotatable bonds is 4. The van der Waals surface area contributed by atoms with Crippen molar-refractivity contribution in [1.29, 1.82) is 0 Å². The van der Waals surface area contributed by atoms with Crippen LogP contribution in [0.25, 0.3) is 0 Å². The number of imide groups is 1. The molecule has 82 valence electrons. The number of carbonyl (C=O) groups excluding carboxylic acids is 2. The molecule has 0 radical (unpaired) electrons. The lowest BCUT2D eigenvalue weighted by Gasteiger charge is -2.20. The second-order valence-electron chi connectivity index (χ2n) is 2.53. The molecule has 7 heteroatoms. The predicted molar refractivity (Wildman–Crippen MR) is 45.8 cm³/mol. The van der Waals surface area contributed by atoms with Crippen LogP contribution < -0.4 is 5.32 Å². The van der Waals surface area contributed by atoms with Crippen molar-refractivity contribution >= 4 is 11.9 Å². The van der Waals surface area contributed by atoms with Crippen LogP contribution in [0.1, 0.15) is 13.3 Å². The van der Waals surface area contributed by atoms with Crippen LogP contribution in [0.4, 0.5) is 4.79 Å². The number of nitrogens with zero attached hydrogens (tertiary/aromatic N) is 1. The summed E-state index contributed by atoms with van der Waals surface area (Å²) in [6.45, 7) is 1.05. The minimum atomic E-state index is -2.02. The van der Waals surface area contributed by atoms with E-state index >= 15 is 0 Å². The van der Waals surface area contributed by atoms with Crippen molar-refractivity contribution in [2.24, 2.45) is 0 Å². The Kier molecular flexibility index (Phi) is 5.77. The summed E-state index contributed by atoms with van der Waals surface area (Å²) in [5.41, 5.74) is 0. The highest BCUT2D eigenvalue weighted by Gasteiger charge is 2.20. The second kappa shape index (κ2) is 6.30. The zero-order chi connectivity index (χ0) is 11.1. The van der Waals surface area contributed by atoms with Gasteiger partial charge in [-0.2, -0.15) is 0 Å². The van der Waals surface area contributed by atoms with Crippen molar-refractivity contribution in [3.05, 3.63) is 0 Å². The van der Waals surface area contributed by atoms with E-state index < -0.39 is 25.0 Å². The molecule has 0 saturated heterocycles. The molecule has 0 bridgehead atoms. The number of aliphatic hydroxyl groups excluding tert-OH is 2. The van der Waals surface area contributed by atoms with Gasteiger partial charge in [0.05, 0.1) is 0 Å². The smallest absolute Gasteiger partial charge is 0.328 e. The van der Waals surface area contributed by atoms with E-state index in [1.807, 2.05) is 0 Å². The van der Waals surface area contributed by atoms with Gasteiger partial charge in [-0.3, -0.25) is 15.0 Å². The van der Waals surface area contributed by atoms with Gasteiger partial charge in [-0.1, -0.05) is 6.92 Å². The largest absolute Gasteiger partial charge is 0.387 e. The van der Waals surface area contributed by atoms with Crippen molar-refractivity contribution in [1.82, 2.24) is 10.2 Å². The summed E-state index contributed by atoms with van der Waals surface area (Å²) in [5.74, 6) is -0.787. The van der Waals surface area contributed by atoms with E-state index in [-0.39, 0.29) is 6.54 Å². The van der Waals surface area contributed by atoms with E-state index in [9.17, 15) is 9.59 Å². The van der Waals surface area contributed by atoms with Crippen LogP contribution in [-0.2, 0) is 4.79 Å². The van der Waals surface area contributed by atoms with E-state index in [0.29, 0.717) is 11.3 Å². The molecule has 4 N–H and O–H groups in total. The Balaban J connectivity index is 4.32. The first-order chi connectivity index (χ1) is 6.52. The molecule has 0 aliphatic rings. The van der Waals surface area contributed by atoms with Gasteiger partial charge in [-0.15, -0.1) is 0 Å². The Morgan fingerprint density at radius 1 is 1.43 bits per heavy atom. The molecule has 0 fully saturated rings. The summed E-state index contributed by atoms with van der Waals surface area (Å²) in [5, 5.41) is 27.1. The van der Waals surface area contributed by atoms with Gasteiger partial charge in [-0.05, 0) is 6.42 Å². The number of hydrogen-bond acceptors (Lipinski definition) is 5. The third-order valence-corrected chi connectivity index (χ3v) is 1.38. The minimum absolute atomic E-state index is 0.109. The fraction of sp³-hybridized carbons (Fsp3) is 0.714. The van der Waals surface area contributed by atoms with E-state index in [1.54, 1.807) is 12.2 Å². The van der Waals surface area contributed by atoms with E-state index in [4.69, 9.17) is 15.3 Å². The number of nitrogens with one attached hydrogen (secondary N) is 1. The van der Waals surface area contributed by atoms with Gasteiger partial charge >= 0.3 is 6.03 Å². The molecule has 0 atom stereocenters. The highest BCUT2D eigenvalue weighted by atomic mass is 16.5. The van der Waals surface area contributed by atoms with Gasteiger partial charge < -0.3 is 15.3 Å². The molecule has 0 spiro atoms. The lowest BCUT2D eigenvalue weighted by molar-refractivity contribution is -0.131. The molecule has 0 aliphatic carbocycles. The fourth-order valence-corrected chi connectivity index (χ4v) is 0.837. The van der Waals surface area contributed by atoms with Crippen molar-refractivity contribution in [2.45, 2.75) is 19.8 Å². The summed E-state index contributed by atoms with van der Waals surface area (Å²) in [4.78, 5) is 22.8. The summed E-state index contributed by atoms with van der Waals surface area (Å²) in [6, 6.07) is -0.944. The molecule has 14 heavy (non-hydrogen) atoms. The molecule has 0 saturated carbocycles. The average Bonchev–Trinajstić information content (AvgIpc) is 2.11. The van der Waals surface area contributed by atoms with Crippen LogP contribution in [0, 0.1) is 0 Å². The van der Waals surface area contributed by atoms with Crippen LogP contribution in [0.15, 0.2) is 0 Å². The Bertz CT molecular complexity index is 206. The lowest BCUT2D eigenvalue weighted by atomic mass is 10.4. The van der Waals surface area contributed by atoms with Crippen LogP contribution in [-0.4, -0.2) is 51.7 Å². The highest BCUT2D eigenvalue weighted by molar-refractivity contribution is 5.94. The maximum absolute atomic E-state index is 11.1. The number of carbonyl (C=O) groups is 2. The second-order valence-corrected chi connectivity index (χ2v) is 2.53. The predicted octanol–water partition coefficient (Wildman–Crippen LogP) is -1.80. The third-order valence-electron chi connectivity index (χ3n) is 1.38. The van der Waals surface area contributed by atoms with E-state index in [2.05, 4.69) is 0 Å². The average molecular weight is 206 g/mol. The quantitative estimate of drug-likeness (QED) is 0.405. The maximum Gasteiger partial charge on any atom is 0.328 e. The van der Waals surface area contributed by atoms with E-state index in [0.717, 1.165) is 0 Å². The summed E-state index contributed by atoms with van der Waals surface area (Å²) < 4.78 is 0. The topological polar surface area (TPSA) is 110 Å². The minimum Gasteiger partial charge on any atom is -0.387 e. The highest BCUT2D eigenvalue weighted by Crippen LogP contribution is 1.94. The van der Waals surface area contributed by atoms with Gasteiger partial charge in [0.1, 0.15) is 6.61 Å². The normalized spacial score (nSPS) is 10.1. The number of hydrogen-bond donors (Lipinski definition) is 4. The zero-order valence-corrected chi connectivity index (χ0v) is 7.80. The van der Waals surface area contributed by atoms with Crippen LogP contribution >= 0.6 is 0 Å². The first-order valence-electron chi connectivity index (χ1n) is 4.10. The first-order valence-corrected chi connectivity index (χ1v) is 4.10. The Hall–Kier alpha value is -1.18. The van der Waals surface area contributed by atoms with Crippen molar-refractivity contribution in [3.63, 3.8) is 0 Å². The van der Waals surface area contributed by atoms with Gasteiger partial charge in [-0.25, -0.2) is 4.79 Å². The molecule has 7 nitrogen and oxygen atoms in total. The van der Waals surface area contributed by atoms with Gasteiger partial charge in [0.15, 0.2) is 0 Å². The summed E-state index contributed by atoms with van der Waals surface area (Å²) in [7, 11) is 0. The number of urea groups is 1. The Morgan fingerprint density at radius 2 is 2.00 bits per heavy atom. The van der Waals surface area contributed by atoms with Gasteiger partial charge in [0.25, 0.3) is 5.91 Å². The van der Waals surface area contributed by atoms with Crippen molar-refractivity contribution < 1.29 is 24.9 Å². The van der Waals surface area contributed by atoms with Gasteiger partial charge in [0.2, 0.25) is 6.41 Å². The molecule has 3 amide bonds. The lowest BCUT2D eigenvalue weighted by Crippen LogP contribution is -2.48. The SMILES string of the molecule is CCCN(C(=O)CO)C(=O)NC(O)O. The first kappa shape index (κ1) is 12.8. The number of aliphatic hydroxyl groups is 3. The molecule has 0 aliphatic heterocycles. The molecular formula is C7H14N2O5. The van der Waals surface area contributed by atoms with Crippen LogP contribution in [0.3, 0.4) is 0 Å². The van der Waals surface area contributed by atoms with Gasteiger partial charge in [0, 0.05) is 6.54 Å². The molecule has 0 aromatic heterocycles. The molecular weight excluding hydrogens is 192 g/mol. The standard InChI is InChI=1S/C7H14N2O5/c1-2-3-9(5(11)4-10)6(12)8-7(13)14/h7,10,13-14H,2-4H2,1H3,(H,8,12). The number of amides is 3. The zero-order valence-electron chi connectivity index (χ0n) is 7.80. The summed E-state index contributed by atoms with van der Waals surface area (Å²) >= 11 is 0. The Labute approximate surface area is 80.9 Å². The molecule has 0 aromatic rings. The fourth-order valence-electron chi connectivity index (χ4n) is 0.837. The molecule has 0 heterocycles. The van der Waals surface area contributed by atoms with Crippen LogP contribution in [0.2, 0.25) is 0 Å². The van der Waals surface area contributed by atoms with Crippen molar-refractivity contribution in [2.75, 3.05) is 13.2 Å². The maximum atomic E-state index is 11.1. The van der Waals surface area contributed by atoms with Crippen molar-refractivity contribution in [3.8, 4) is 0 Å².